The van der Waals surface area contributed by atoms with Gasteiger partial charge in [-0.05, 0) is 55.2 Å². The second kappa shape index (κ2) is 9.01. The molecule has 25 heavy (non-hydrogen) atoms. The molecular formula is C18H27BN2O4. The van der Waals surface area contributed by atoms with Gasteiger partial charge in [0, 0.05) is 5.56 Å². The molecule has 1 aromatic carbocycles. The lowest BCUT2D eigenvalue weighted by atomic mass is 9.75. The van der Waals surface area contributed by atoms with E-state index in [1.54, 1.807) is 6.07 Å². The van der Waals surface area contributed by atoms with Crippen LogP contribution in [0.4, 0.5) is 0 Å². The second-order valence-corrected chi connectivity index (χ2v) is 7.05. The van der Waals surface area contributed by atoms with Crippen molar-refractivity contribution in [1.82, 2.24) is 10.6 Å². The number of amides is 2. The molecular weight excluding hydrogens is 319 g/mol. The molecule has 4 N–H and O–H groups in total. The molecule has 0 unspecified atom stereocenters. The summed E-state index contributed by atoms with van der Waals surface area (Å²) >= 11 is 0. The second-order valence-electron chi connectivity index (χ2n) is 7.05. The van der Waals surface area contributed by atoms with Crippen molar-refractivity contribution >= 4 is 18.9 Å². The van der Waals surface area contributed by atoms with Crippen LogP contribution in [0.1, 0.15) is 54.6 Å². The fourth-order valence-electron chi connectivity index (χ4n) is 3.27. The van der Waals surface area contributed by atoms with Gasteiger partial charge < -0.3 is 20.7 Å². The summed E-state index contributed by atoms with van der Waals surface area (Å²) in [7, 11) is -1.62. The van der Waals surface area contributed by atoms with Gasteiger partial charge in [0.15, 0.2) is 0 Å². The van der Waals surface area contributed by atoms with Crippen molar-refractivity contribution in [3.05, 3.63) is 34.9 Å². The van der Waals surface area contributed by atoms with Crippen molar-refractivity contribution in [3.8, 4) is 0 Å². The first-order valence-electron chi connectivity index (χ1n) is 8.93. The Morgan fingerprint density at radius 1 is 1.20 bits per heavy atom. The molecule has 0 saturated carbocycles. The van der Waals surface area contributed by atoms with E-state index in [1.807, 2.05) is 19.9 Å². The van der Waals surface area contributed by atoms with Gasteiger partial charge in [-0.2, -0.15) is 0 Å². The summed E-state index contributed by atoms with van der Waals surface area (Å²) in [6.07, 6.45) is 4.54. The van der Waals surface area contributed by atoms with Crippen molar-refractivity contribution in [3.63, 3.8) is 0 Å². The van der Waals surface area contributed by atoms with Gasteiger partial charge in [-0.15, -0.1) is 0 Å². The Morgan fingerprint density at radius 3 is 2.60 bits per heavy atom. The summed E-state index contributed by atoms with van der Waals surface area (Å²) in [5, 5.41) is 23.9. The Balaban J connectivity index is 1.92. The first-order valence-corrected chi connectivity index (χ1v) is 8.93. The zero-order chi connectivity index (χ0) is 18.4. The molecule has 0 aliphatic heterocycles. The van der Waals surface area contributed by atoms with Crippen LogP contribution < -0.4 is 10.6 Å². The molecule has 1 atom stereocenters. The van der Waals surface area contributed by atoms with Gasteiger partial charge in [0.1, 0.15) is 0 Å². The van der Waals surface area contributed by atoms with E-state index in [9.17, 15) is 19.6 Å². The zero-order valence-electron chi connectivity index (χ0n) is 14.9. The number of aryl methyl sites for hydroxylation is 1. The van der Waals surface area contributed by atoms with Crippen molar-refractivity contribution in [2.24, 2.45) is 5.92 Å². The van der Waals surface area contributed by atoms with Crippen molar-refractivity contribution in [1.29, 1.82) is 0 Å². The molecule has 136 valence electrons. The maximum atomic E-state index is 12.4. The molecule has 2 amide bonds. The van der Waals surface area contributed by atoms with Crippen LogP contribution in [0, 0.1) is 5.92 Å². The third-order valence-electron chi connectivity index (χ3n) is 4.48. The Kier molecular flexibility index (Phi) is 7.02. The van der Waals surface area contributed by atoms with E-state index in [-0.39, 0.29) is 18.4 Å². The lowest BCUT2D eigenvalue weighted by Gasteiger charge is -2.20. The predicted molar refractivity (Wildman–Crippen MR) is 97.0 cm³/mol. The van der Waals surface area contributed by atoms with Crippen LogP contribution in [0.3, 0.4) is 0 Å². The number of carbonyl (C=O) groups is 2. The molecule has 6 nitrogen and oxygen atoms in total. The van der Waals surface area contributed by atoms with Crippen molar-refractivity contribution < 1.29 is 19.6 Å². The van der Waals surface area contributed by atoms with Gasteiger partial charge in [0.25, 0.3) is 5.91 Å². The minimum Gasteiger partial charge on any atom is -0.426 e. The molecule has 0 fully saturated rings. The van der Waals surface area contributed by atoms with E-state index in [1.165, 1.54) is 5.56 Å². The summed E-state index contributed by atoms with van der Waals surface area (Å²) in [6, 6.07) is 5.72. The topological polar surface area (TPSA) is 98.7 Å². The number of nitrogens with one attached hydrogen (secondary N) is 2. The molecule has 1 aliphatic rings. The number of benzene rings is 1. The fourth-order valence-corrected chi connectivity index (χ4v) is 3.27. The minimum absolute atomic E-state index is 0.191. The van der Waals surface area contributed by atoms with E-state index in [4.69, 9.17) is 0 Å². The van der Waals surface area contributed by atoms with Gasteiger partial charge in [0.05, 0.1) is 12.5 Å². The SMILES string of the molecule is CC(C)C[C@H](NC(=O)CNC(=O)c1cccc2c1CCCC2)B(O)O. The van der Waals surface area contributed by atoms with Crippen molar-refractivity contribution in [2.45, 2.75) is 51.9 Å². The quantitative estimate of drug-likeness (QED) is 0.550. The van der Waals surface area contributed by atoms with E-state index < -0.39 is 19.0 Å². The zero-order valence-corrected chi connectivity index (χ0v) is 14.9. The Hall–Kier alpha value is -1.86. The Bertz CT molecular complexity index is 619. The normalized spacial score (nSPS) is 14.6. The smallest absolute Gasteiger partial charge is 0.426 e. The van der Waals surface area contributed by atoms with Crippen LogP contribution >= 0.6 is 0 Å². The standard InChI is InChI=1S/C18H27BN2O4/c1-12(2)10-16(19(24)25)21-17(22)11-20-18(23)15-9-5-7-13-6-3-4-8-14(13)15/h5,7,9,12,16,24-25H,3-4,6,8,10-11H2,1-2H3,(H,20,23)(H,21,22)/t16-/m0/s1. The first-order chi connectivity index (χ1) is 11.9. The van der Waals surface area contributed by atoms with Gasteiger partial charge in [0.2, 0.25) is 5.91 Å². The highest BCUT2D eigenvalue weighted by Gasteiger charge is 2.26. The Morgan fingerprint density at radius 2 is 1.92 bits per heavy atom. The summed E-state index contributed by atoms with van der Waals surface area (Å²) < 4.78 is 0. The van der Waals surface area contributed by atoms with Gasteiger partial charge >= 0.3 is 7.12 Å². The molecule has 0 radical (unpaired) electrons. The number of hydrogen-bond acceptors (Lipinski definition) is 4. The molecule has 0 aromatic heterocycles. The molecule has 0 bridgehead atoms. The van der Waals surface area contributed by atoms with Crippen LogP contribution in [-0.4, -0.2) is 41.5 Å². The van der Waals surface area contributed by atoms with Gasteiger partial charge in [-0.25, -0.2) is 0 Å². The van der Waals surface area contributed by atoms with E-state index >= 15 is 0 Å². The summed E-state index contributed by atoms with van der Waals surface area (Å²) in [5.74, 6) is -1.23. The van der Waals surface area contributed by atoms with E-state index in [0.29, 0.717) is 12.0 Å². The molecule has 7 heteroatoms. The highest BCUT2D eigenvalue weighted by atomic mass is 16.4. The highest BCUT2D eigenvalue weighted by molar-refractivity contribution is 6.43. The summed E-state index contributed by atoms with van der Waals surface area (Å²) in [5.41, 5.74) is 2.92. The summed E-state index contributed by atoms with van der Waals surface area (Å²) in [6.45, 7) is 3.67. The van der Waals surface area contributed by atoms with E-state index in [0.717, 1.165) is 31.2 Å². The lowest BCUT2D eigenvalue weighted by Crippen LogP contribution is -2.50. The highest BCUT2D eigenvalue weighted by Crippen LogP contribution is 2.24. The molecule has 2 rings (SSSR count). The maximum Gasteiger partial charge on any atom is 0.475 e. The van der Waals surface area contributed by atoms with Gasteiger partial charge in [-0.3, -0.25) is 9.59 Å². The van der Waals surface area contributed by atoms with Crippen LogP contribution in [-0.2, 0) is 17.6 Å². The lowest BCUT2D eigenvalue weighted by molar-refractivity contribution is -0.120. The van der Waals surface area contributed by atoms with E-state index in [2.05, 4.69) is 16.7 Å². The number of rotatable bonds is 7. The maximum absolute atomic E-state index is 12.4. The third-order valence-corrected chi connectivity index (χ3v) is 4.48. The third kappa shape index (κ3) is 5.58. The minimum atomic E-state index is -1.62. The monoisotopic (exact) mass is 346 g/mol. The van der Waals surface area contributed by atoms with Crippen LogP contribution in [0.5, 0.6) is 0 Å². The van der Waals surface area contributed by atoms with Crippen LogP contribution in [0.15, 0.2) is 18.2 Å². The number of carbonyl (C=O) groups excluding carboxylic acids is 2. The summed E-state index contributed by atoms with van der Waals surface area (Å²) in [4.78, 5) is 24.4. The van der Waals surface area contributed by atoms with Crippen LogP contribution in [0.2, 0.25) is 0 Å². The molecule has 0 saturated heterocycles. The molecule has 0 spiro atoms. The predicted octanol–water partition coefficient (Wildman–Crippen LogP) is 0.838. The Labute approximate surface area is 149 Å². The number of hydrogen-bond donors (Lipinski definition) is 4. The average Bonchev–Trinajstić information content (AvgIpc) is 2.58. The fraction of sp³-hybridized carbons (Fsp3) is 0.556. The van der Waals surface area contributed by atoms with Gasteiger partial charge in [-0.1, -0.05) is 26.0 Å². The van der Waals surface area contributed by atoms with Crippen LogP contribution in [0.25, 0.3) is 0 Å². The average molecular weight is 346 g/mol. The molecule has 0 heterocycles. The first kappa shape index (κ1) is 19.5. The van der Waals surface area contributed by atoms with Crippen molar-refractivity contribution in [2.75, 3.05) is 6.54 Å². The molecule has 1 aliphatic carbocycles. The largest absolute Gasteiger partial charge is 0.475 e. The molecule has 1 aromatic rings. The number of fused-ring (bicyclic) bond motifs is 1.